The maximum absolute atomic E-state index is 13.1. The van der Waals surface area contributed by atoms with Crippen molar-refractivity contribution in [1.29, 1.82) is 0 Å². The molecule has 0 spiro atoms. The second-order valence-corrected chi connectivity index (χ2v) is 6.57. The van der Waals surface area contributed by atoms with Crippen LogP contribution in [-0.4, -0.2) is 32.7 Å². The summed E-state index contributed by atoms with van der Waals surface area (Å²) in [5.41, 5.74) is -0.181. The number of para-hydroxylation sites is 1. The number of carbonyl (C=O) groups excluding carboxylic acids is 2. The van der Waals surface area contributed by atoms with Crippen LogP contribution in [0.3, 0.4) is 0 Å². The molecule has 28 heavy (non-hydrogen) atoms. The lowest BCUT2D eigenvalue weighted by Crippen LogP contribution is -2.39. The van der Waals surface area contributed by atoms with E-state index in [-0.39, 0.29) is 27.9 Å². The summed E-state index contributed by atoms with van der Waals surface area (Å²) < 4.78 is 2.08. The van der Waals surface area contributed by atoms with Crippen molar-refractivity contribution in [2.45, 2.75) is 0 Å². The number of rotatable bonds is 2. The monoisotopic (exact) mass is 376 g/mol. The number of fused-ring (bicyclic) bond motifs is 3. The maximum atomic E-state index is 13.1. The highest BCUT2D eigenvalue weighted by molar-refractivity contribution is 6.28. The first-order chi connectivity index (χ1) is 13.3. The van der Waals surface area contributed by atoms with Crippen LogP contribution in [-0.2, 0) is 14.1 Å². The smallest absolute Gasteiger partial charge is 0.332 e. The summed E-state index contributed by atoms with van der Waals surface area (Å²) in [5.74, 6) is -0.887. The Morgan fingerprint density at radius 3 is 2.32 bits per heavy atom. The lowest BCUT2D eigenvalue weighted by atomic mass is 9.91. The molecule has 2 heterocycles. The SMILES string of the molecule is CN(C1=CC(=O)c2c(cnc3c2c(=O)n(C)c(=O)n3C)C1=O)c1ccccc1. The van der Waals surface area contributed by atoms with E-state index in [0.29, 0.717) is 0 Å². The van der Waals surface area contributed by atoms with Gasteiger partial charge in [-0.25, -0.2) is 9.78 Å². The van der Waals surface area contributed by atoms with Crippen molar-refractivity contribution in [3.63, 3.8) is 0 Å². The summed E-state index contributed by atoms with van der Waals surface area (Å²) in [7, 11) is 4.47. The molecule has 0 fully saturated rings. The second-order valence-electron chi connectivity index (χ2n) is 6.57. The molecule has 8 nitrogen and oxygen atoms in total. The number of hydrogen-bond acceptors (Lipinski definition) is 6. The molecule has 3 aromatic rings. The molecule has 4 rings (SSSR count). The predicted molar refractivity (Wildman–Crippen MR) is 104 cm³/mol. The van der Waals surface area contributed by atoms with Crippen molar-refractivity contribution in [3.05, 3.63) is 80.3 Å². The fourth-order valence-corrected chi connectivity index (χ4v) is 3.40. The number of allylic oxidation sites excluding steroid dienone is 2. The Bertz CT molecular complexity index is 1320. The molecule has 0 unspecified atom stereocenters. The third-order valence-electron chi connectivity index (χ3n) is 4.97. The van der Waals surface area contributed by atoms with Crippen LogP contribution >= 0.6 is 0 Å². The van der Waals surface area contributed by atoms with Crippen LogP contribution in [0.15, 0.2) is 57.9 Å². The van der Waals surface area contributed by atoms with Crippen LogP contribution in [0.25, 0.3) is 11.0 Å². The van der Waals surface area contributed by atoms with E-state index >= 15 is 0 Å². The Morgan fingerprint density at radius 1 is 0.964 bits per heavy atom. The van der Waals surface area contributed by atoms with Crippen LogP contribution in [0, 0.1) is 0 Å². The average molecular weight is 376 g/mol. The van der Waals surface area contributed by atoms with E-state index in [1.165, 1.54) is 30.9 Å². The lowest BCUT2D eigenvalue weighted by Gasteiger charge is -2.25. The Hall–Kier alpha value is -3.81. The Morgan fingerprint density at radius 2 is 1.64 bits per heavy atom. The van der Waals surface area contributed by atoms with Crippen LogP contribution in [0.4, 0.5) is 5.69 Å². The molecule has 0 bridgehead atoms. The predicted octanol–water partition coefficient (Wildman–Crippen LogP) is 1.03. The normalized spacial score (nSPS) is 13.5. The number of aromatic nitrogens is 3. The standard InChI is InChI=1S/C20H16N4O4/c1-22(11-7-5-4-6-8-11)13-9-14(25)15-12(17(13)26)10-21-18-16(15)19(27)24(3)20(28)23(18)2/h4-10H,1-3H3. The van der Waals surface area contributed by atoms with Gasteiger partial charge in [0.15, 0.2) is 5.78 Å². The van der Waals surface area contributed by atoms with Gasteiger partial charge in [0.2, 0.25) is 5.78 Å². The van der Waals surface area contributed by atoms with Gasteiger partial charge in [-0.1, -0.05) is 18.2 Å². The van der Waals surface area contributed by atoms with Gasteiger partial charge < -0.3 is 4.90 Å². The van der Waals surface area contributed by atoms with Crippen molar-refractivity contribution < 1.29 is 9.59 Å². The molecule has 0 atom stereocenters. The summed E-state index contributed by atoms with van der Waals surface area (Å²) in [5, 5.41) is -0.0295. The van der Waals surface area contributed by atoms with E-state index in [4.69, 9.17) is 0 Å². The molecular weight excluding hydrogens is 360 g/mol. The number of ketones is 2. The van der Waals surface area contributed by atoms with Crippen LogP contribution in [0.5, 0.6) is 0 Å². The van der Waals surface area contributed by atoms with Crippen LogP contribution in [0.2, 0.25) is 0 Å². The first-order valence-electron chi connectivity index (χ1n) is 8.51. The van der Waals surface area contributed by atoms with Crippen molar-refractivity contribution in [2.24, 2.45) is 14.1 Å². The molecule has 2 aromatic heterocycles. The fourth-order valence-electron chi connectivity index (χ4n) is 3.40. The third kappa shape index (κ3) is 2.34. The minimum absolute atomic E-state index is 0.0172. The van der Waals surface area contributed by atoms with Gasteiger partial charge in [0.05, 0.1) is 22.2 Å². The van der Waals surface area contributed by atoms with Crippen molar-refractivity contribution >= 4 is 28.3 Å². The summed E-state index contributed by atoms with van der Waals surface area (Å²) in [4.78, 5) is 56.6. The molecule has 0 saturated carbocycles. The Labute approximate surface area is 159 Å². The molecule has 1 aliphatic carbocycles. The number of likely N-dealkylation sites (N-methyl/N-ethyl adjacent to an activating group) is 1. The van der Waals surface area contributed by atoms with Crippen molar-refractivity contribution in [2.75, 3.05) is 11.9 Å². The molecule has 0 amide bonds. The van der Waals surface area contributed by atoms with E-state index in [2.05, 4.69) is 4.98 Å². The fraction of sp³-hybridized carbons (Fsp3) is 0.150. The molecule has 1 aromatic carbocycles. The minimum atomic E-state index is -0.656. The maximum Gasteiger partial charge on any atom is 0.332 e. The second kappa shape index (κ2) is 6.12. The zero-order valence-corrected chi connectivity index (χ0v) is 15.5. The molecular formula is C20H16N4O4. The van der Waals surface area contributed by atoms with Crippen LogP contribution < -0.4 is 16.1 Å². The molecule has 0 saturated heterocycles. The number of aryl methyl sites for hydroxylation is 1. The van der Waals surface area contributed by atoms with E-state index < -0.39 is 22.8 Å². The van der Waals surface area contributed by atoms with E-state index in [1.807, 2.05) is 30.3 Å². The number of nitrogens with zero attached hydrogens (tertiary/aromatic N) is 4. The Kier molecular flexibility index (Phi) is 3.85. The number of anilines is 1. The van der Waals surface area contributed by atoms with Crippen LogP contribution in [0.1, 0.15) is 20.7 Å². The quantitative estimate of drug-likeness (QED) is 0.663. The molecule has 0 aliphatic heterocycles. The third-order valence-corrected chi connectivity index (χ3v) is 4.97. The van der Waals surface area contributed by atoms with Gasteiger partial charge >= 0.3 is 5.69 Å². The Balaban J connectivity index is 1.98. The summed E-state index contributed by atoms with van der Waals surface area (Å²) >= 11 is 0. The van der Waals surface area contributed by atoms with Gasteiger partial charge in [0, 0.05) is 39.1 Å². The summed E-state index contributed by atoms with van der Waals surface area (Å²) in [6, 6.07) is 9.14. The van der Waals surface area contributed by atoms with Gasteiger partial charge in [-0.05, 0) is 12.1 Å². The zero-order chi connectivity index (χ0) is 20.2. The van der Waals surface area contributed by atoms with Gasteiger partial charge in [-0.3, -0.25) is 23.5 Å². The highest BCUT2D eigenvalue weighted by Gasteiger charge is 2.32. The van der Waals surface area contributed by atoms with Gasteiger partial charge in [-0.15, -0.1) is 0 Å². The van der Waals surface area contributed by atoms with Gasteiger partial charge in [0.1, 0.15) is 5.65 Å². The summed E-state index contributed by atoms with van der Waals surface area (Å²) in [6.07, 6.45) is 2.48. The molecule has 140 valence electrons. The van der Waals surface area contributed by atoms with Gasteiger partial charge in [-0.2, -0.15) is 0 Å². The molecule has 1 aliphatic rings. The average Bonchev–Trinajstić information content (AvgIpc) is 2.72. The van der Waals surface area contributed by atoms with Crippen molar-refractivity contribution in [1.82, 2.24) is 14.1 Å². The first-order valence-corrected chi connectivity index (χ1v) is 8.51. The van der Waals surface area contributed by atoms with E-state index in [1.54, 1.807) is 11.9 Å². The number of pyridine rings is 1. The minimum Gasteiger partial charge on any atom is -0.341 e. The number of Topliss-reactive ketones (excluding diaryl/α,β-unsaturated/α-hetero) is 1. The summed E-state index contributed by atoms with van der Waals surface area (Å²) in [6.45, 7) is 0. The molecule has 0 radical (unpaired) electrons. The van der Waals surface area contributed by atoms with Gasteiger partial charge in [0.25, 0.3) is 5.56 Å². The number of carbonyl (C=O) groups is 2. The molecule has 0 N–H and O–H groups in total. The van der Waals surface area contributed by atoms with E-state index in [0.717, 1.165) is 10.3 Å². The zero-order valence-electron chi connectivity index (χ0n) is 15.5. The van der Waals surface area contributed by atoms with Crippen molar-refractivity contribution in [3.8, 4) is 0 Å². The highest BCUT2D eigenvalue weighted by Crippen LogP contribution is 2.28. The largest absolute Gasteiger partial charge is 0.341 e. The lowest BCUT2D eigenvalue weighted by molar-refractivity contribution is 0.0983. The highest BCUT2D eigenvalue weighted by atomic mass is 16.2. The van der Waals surface area contributed by atoms with E-state index in [9.17, 15) is 19.2 Å². The topological polar surface area (TPSA) is 94.3 Å². The number of hydrogen-bond donors (Lipinski definition) is 0. The number of benzene rings is 1. The molecule has 8 heteroatoms. The first kappa shape index (κ1) is 17.6.